The number of nitrogens with one attached hydrogen (secondary N) is 2. The van der Waals surface area contributed by atoms with Gasteiger partial charge in [0, 0.05) is 28.8 Å². The normalized spacial score (nSPS) is 12.4. The topological polar surface area (TPSA) is 84.3 Å². The lowest BCUT2D eigenvalue weighted by molar-refractivity contribution is -0.384. The molecule has 0 aliphatic heterocycles. The number of rotatable bonds is 5. The van der Waals surface area contributed by atoms with E-state index in [1.165, 1.54) is 18.2 Å². The lowest BCUT2D eigenvalue weighted by atomic mass is 10.1. The summed E-state index contributed by atoms with van der Waals surface area (Å²) in [6.07, 6.45) is -1.09. The molecule has 0 unspecified atom stereocenters. The number of alkyl halides is 3. The third-order valence-electron chi connectivity index (χ3n) is 4.01. The van der Waals surface area contributed by atoms with E-state index in [-0.39, 0.29) is 11.3 Å². The average molecular weight is 439 g/mol. The molecule has 1 atom stereocenters. The highest BCUT2D eigenvalue weighted by Crippen LogP contribution is 2.33. The minimum absolute atomic E-state index is 0.0770. The van der Waals surface area contributed by atoms with E-state index in [4.69, 9.17) is 34.8 Å². The van der Waals surface area contributed by atoms with Crippen molar-refractivity contribution in [3.63, 3.8) is 0 Å². The molecule has 3 aromatic rings. The third kappa shape index (κ3) is 4.65. The van der Waals surface area contributed by atoms with Crippen LogP contribution in [0.25, 0.3) is 10.8 Å². The summed E-state index contributed by atoms with van der Waals surface area (Å²) in [6, 6.07) is 18.5. The third-order valence-corrected chi connectivity index (χ3v) is 4.67. The molecular weight excluding hydrogens is 425 g/mol. The summed E-state index contributed by atoms with van der Waals surface area (Å²) in [7, 11) is 0. The zero-order chi connectivity index (χ0) is 20.3. The van der Waals surface area contributed by atoms with Crippen molar-refractivity contribution < 1.29 is 9.72 Å². The van der Waals surface area contributed by atoms with Crippen LogP contribution in [0, 0.1) is 10.1 Å². The second-order valence-electron chi connectivity index (χ2n) is 5.93. The Morgan fingerprint density at radius 1 is 1.00 bits per heavy atom. The molecule has 9 heteroatoms. The molecular formula is C19H14Cl3N3O3. The van der Waals surface area contributed by atoms with Gasteiger partial charge in [0.15, 0.2) is 0 Å². The van der Waals surface area contributed by atoms with Gasteiger partial charge in [-0.15, -0.1) is 0 Å². The van der Waals surface area contributed by atoms with Crippen LogP contribution in [-0.2, 0) is 0 Å². The first-order chi connectivity index (χ1) is 13.3. The fraction of sp³-hybridized carbons (Fsp3) is 0.105. The number of nitro benzene ring substituents is 1. The fourth-order valence-electron chi connectivity index (χ4n) is 2.68. The number of anilines is 1. The van der Waals surface area contributed by atoms with Crippen molar-refractivity contribution in [3.8, 4) is 0 Å². The van der Waals surface area contributed by atoms with E-state index in [0.717, 1.165) is 16.8 Å². The van der Waals surface area contributed by atoms with Crippen molar-refractivity contribution in [1.29, 1.82) is 0 Å². The number of hydrogen-bond acceptors (Lipinski definition) is 4. The Bertz CT molecular complexity index is 1030. The summed E-state index contributed by atoms with van der Waals surface area (Å²) < 4.78 is -1.88. The summed E-state index contributed by atoms with van der Waals surface area (Å²) >= 11 is 18.2. The number of halogens is 3. The van der Waals surface area contributed by atoms with Crippen molar-refractivity contribution in [1.82, 2.24) is 5.32 Å². The van der Waals surface area contributed by atoms with E-state index in [2.05, 4.69) is 10.6 Å². The second kappa shape index (κ2) is 8.22. The number of non-ortho nitro benzene ring substituents is 1. The van der Waals surface area contributed by atoms with Crippen LogP contribution in [0.5, 0.6) is 0 Å². The largest absolute Gasteiger partial charge is 0.361 e. The van der Waals surface area contributed by atoms with Gasteiger partial charge in [0.2, 0.25) is 3.79 Å². The monoisotopic (exact) mass is 437 g/mol. The summed E-state index contributed by atoms with van der Waals surface area (Å²) in [5, 5.41) is 18.4. The predicted molar refractivity (Wildman–Crippen MR) is 112 cm³/mol. The van der Waals surface area contributed by atoms with Crippen LogP contribution in [0.2, 0.25) is 0 Å². The summed E-state index contributed by atoms with van der Waals surface area (Å²) in [4.78, 5) is 22.9. The highest BCUT2D eigenvalue weighted by molar-refractivity contribution is 6.68. The average Bonchev–Trinajstić information content (AvgIpc) is 2.67. The first-order valence-electron chi connectivity index (χ1n) is 8.12. The van der Waals surface area contributed by atoms with Gasteiger partial charge in [0.1, 0.15) is 6.17 Å². The van der Waals surface area contributed by atoms with E-state index in [9.17, 15) is 14.9 Å². The highest BCUT2D eigenvalue weighted by atomic mass is 35.6. The number of hydrogen-bond donors (Lipinski definition) is 2. The van der Waals surface area contributed by atoms with E-state index >= 15 is 0 Å². The summed E-state index contributed by atoms with van der Waals surface area (Å²) in [5.41, 5.74) is 0.530. The molecule has 2 N–H and O–H groups in total. The van der Waals surface area contributed by atoms with Crippen molar-refractivity contribution in [2.24, 2.45) is 0 Å². The number of fused-ring (bicyclic) bond motifs is 1. The number of benzene rings is 3. The maximum Gasteiger partial charge on any atom is 0.270 e. The van der Waals surface area contributed by atoms with Gasteiger partial charge in [-0.05, 0) is 17.5 Å². The molecule has 6 nitrogen and oxygen atoms in total. The van der Waals surface area contributed by atoms with Crippen LogP contribution in [0.4, 0.5) is 11.4 Å². The standard InChI is InChI=1S/C19H14Cl3N3O3/c20-19(21,22)18(23-16-10-4-6-12-5-1-2-9-15(12)16)24-17(26)13-7-3-8-14(11-13)25(27)28/h1-11,18,23H,(H,24,26)/t18-/m1/s1. The quantitative estimate of drug-likeness (QED) is 0.245. The molecule has 0 aliphatic rings. The lowest BCUT2D eigenvalue weighted by Gasteiger charge is -2.28. The molecule has 3 aromatic carbocycles. The fourth-order valence-corrected chi connectivity index (χ4v) is 3.01. The molecule has 0 saturated heterocycles. The van der Waals surface area contributed by atoms with Crippen LogP contribution in [0.3, 0.4) is 0 Å². The first kappa shape index (κ1) is 20.2. The number of carbonyl (C=O) groups is 1. The molecule has 0 aromatic heterocycles. The summed E-state index contributed by atoms with van der Waals surface area (Å²) in [6.45, 7) is 0. The SMILES string of the molecule is O=C(N[C@@H](Nc1cccc2ccccc12)C(Cl)(Cl)Cl)c1cccc([N+](=O)[O-])c1. The van der Waals surface area contributed by atoms with Gasteiger partial charge >= 0.3 is 0 Å². The van der Waals surface area contributed by atoms with Gasteiger partial charge in [0.25, 0.3) is 11.6 Å². The van der Waals surface area contributed by atoms with Crippen molar-refractivity contribution >= 4 is 62.9 Å². The Morgan fingerprint density at radius 3 is 2.39 bits per heavy atom. The Kier molecular flexibility index (Phi) is 5.93. The Hall–Kier alpha value is -2.54. The Balaban J connectivity index is 1.88. The Morgan fingerprint density at radius 2 is 1.68 bits per heavy atom. The van der Waals surface area contributed by atoms with E-state index in [0.29, 0.717) is 5.69 Å². The molecule has 28 heavy (non-hydrogen) atoms. The molecule has 0 aliphatic carbocycles. The van der Waals surface area contributed by atoms with Crippen LogP contribution < -0.4 is 10.6 Å². The zero-order valence-corrected chi connectivity index (χ0v) is 16.5. The van der Waals surface area contributed by atoms with Gasteiger partial charge in [-0.3, -0.25) is 14.9 Å². The van der Waals surface area contributed by atoms with Gasteiger partial charge in [0.05, 0.1) is 4.92 Å². The van der Waals surface area contributed by atoms with E-state index in [1.807, 2.05) is 36.4 Å². The number of carbonyl (C=O) groups excluding carboxylic acids is 1. The minimum Gasteiger partial charge on any atom is -0.361 e. The molecule has 0 spiro atoms. The van der Waals surface area contributed by atoms with E-state index < -0.39 is 20.8 Å². The van der Waals surface area contributed by atoms with Crippen LogP contribution in [0.15, 0.2) is 66.7 Å². The maximum absolute atomic E-state index is 12.6. The number of amides is 1. The number of nitrogens with zero attached hydrogens (tertiary/aromatic N) is 1. The van der Waals surface area contributed by atoms with Crippen LogP contribution >= 0.6 is 34.8 Å². The van der Waals surface area contributed by atoms with Crippen LogP contribution in [-0.4, -0.2) is 20.8 Å². The minimum atomic E-state index is -1.88. The molecule has 144 valence electrons. The maximum atomic E-state index is 12.6. The molecule has 0 heterocycles. The smallest absolute Gasteiger partial charge is 0.270 e. The molecule has 0 radical (unpaired) electrons. The van der Waals surface area contributed by atoms with Gasteiger partial charge < -0.3 is 10.6 Å². The molecule has 3 rings (SSSR count). The molecule has 0 fully saturated rings. The molecule has 1 amide bonds. The van der Waals surface area contributed by atoms with Gasteiger partial charge in [-0.1, -0.05) is 77.3 Å². The van der Waals surface area contributed by atoms with Crippen molar-refractivity contribution in [3.05, 3.63) is 82.4 Å². The number of nitro groups is 1. The Labute approximate surface area is 175 Å². The second-order valence-corrected chi connectivity index (χ2v) is 8.30. The summed E-state index contributed by atoms with van der Waals surface area (Å²) in [5.74, 6) is -0.618. The molecule has 0 saturated carbocycles. The highest BCUT2D eigenvalue weighted by Gasteiger charge is 2.34. The van der Waals surface area contributed by atoms with Crippen molar-refractivity contribution in [2.45, 2.75) is 9.96 Å². The first-order valence-corrected chi connectivity index (χ1v) is 9.25. The lowest BCUT2D eigenvalue weighted by Crippen LogP contribution is -2.49. The predicted octanol–water partition coefficient (Wildman–Crippen LogP) is 5.29. The van der Waals surface area contributed by atoms with Gasteiger partial charge in [-0.2, -0.15) is 0 Å². The van der Waals surface area contributed by atoms with Gasteiger partial charge in [-0.25, -0.2) is 0 Å². The van der Waals surface area contributed by atoms with E-state index in [1.54, 1.807) is 6.07 Å². The zero-order valence-electron chi connectivity index (χ0n) is 14.2. The molecule has 0 bridgehead atoms. The van der Waals surface area contributed by atoms with Crippen molar-refractivity contribution in [2.75, 3.05) is 5.32 Å². The van der Waals surface area contributed by atoms with Crippen LogP contribution in [0.1, 0.15) is 10.4 Å².